The minimum Gasteiger partial charge on any atom is -0.497 e. The van der Waals surface area contributed by atoms with Gasteiger partial charge in [-0.05, 0) is 91.9 Å². The van der Waals surface area contributed by atoms with Crippen molar-refractivity contribution in [1.82, 2.24) is 25.4 Å². The third-order valence-corrected chi connectivity index (χ3v) is 10.0. The van der Waals surface area contributed by atoms with Crippen molar-refractivity contribution in [3.05, 3.63) is 124 Å². The average Bonchev–Trinajstić information content (AvgIpc) is 3.59. The molecule has 4 aromatic carbocycles. The summed E-state index contributed by atoms with van der Waals surface area (Å²) in [7, 11) is 4.88. The van der Waals surface area contributed by atoms with Crippen molar-refractivity contribution in [3.8, 4) is 28.7 Å². The molecule has 5 aromatic rings. The molecule has 15 heteroatoms. The maximum Gasteiger partial charge on any atom is 0.258 e. The third-order valence-electron chi connectivity index (χ3n) is 9.79. The van der Waals surface area contributed by atoms with Crippen LogP contribution < -0.4 is 29.6 Å². The summed E-state index contributed by atoms with van der Waals surface area (Å²) in [6, 6.07) is 26.3. The number of hydrogen-bond acceptors (Lipinski definition) is 11. The molecule has 2 heterocycles. The first kappa shape index (κ1) is 43.6. The van der Waals surface area contributed by atoms with Crippen LogP contribution in [0.4, 0.5) is 0 Å². The zero-order chi connectivity index (χ0) is 42.3. The molecule has 1 atom stereocenters. The zero-order valence-electron chi connectivity index (χ0n) is 34.4. The molecule has 0 saturated carbocycles. The molecule has 1 aromatic heterocycles. The van der Waals surface area contributed by atoms with Crippen LogP contribution >= 0.6 is 11.6 Å². The fourth-order valence-electron chi connectivity index (χ4n) is 6.80. The monoisotopic (exact) mass is 838 g/mol. The lowest BCUT2D eigenvalue weighted by molar-refractivity contribution is -0.123. The Balaban J connectivity index is 0.862. The Bertz CT molecular complexity index is 2250. The van der Waals surface area contributed by atoms with Crippen molar-refractivity contribution >= 4 is 29.1 Å². The summed E-state index contributed by atoms with van der Waals surface area (Å²) in [6.45, 7) is 3.71. The molecule has 0 unspecified atom stereocenters. The Morgan fingerprint density at radius 1 is 0.733 bits per heavy atom. The number of nitrogens with zero attached hydrogens (tertiary/aromatic N) is 4. The largest absolute Gasteiger partial charge is 0.497 e. The van der Waals surface area contributed by atoms with Gasteiger partial charge in [-0.2, -0.15) is 0 Å². The molecule has 2 amide bonds. The van der Waals surface area contributed by atoms with Gasteiger partial charge in [-0.1, -0.05) is 41.9 Å². The average molecular weight is 839 g/mol. The van der Waals surface area contributed by atoms with Gasteiger partial charge in [0.15, 0.2) is 23.9 Å². The maximum absolute atomic E-state index is 13.2. The zero-order valence-corrected chi connectivity index (χ0v) is 35.1. The van der Waals surface area contributed by atoms with E-state index >= 15 is 0 Å². The van der Waals surface area contributed by atoms with E-state index in [1.165, 1.54) is 5.56 Å². The molecular weight excluding hydrogens is 788 g/mol. The first-order valence-electron chi connectivity index (χ1n) is 19.8. The van der Waals surface area contributed by atoms with Gasteiger partial charge in [-0.25, -0.2) is 0 Å². The second-order valence-corrected chi connectivity index (χ2v) is 14.4. The van der Waals surface area contributed by atoms with Gasteiger partial charge in [0, 0.05) is 29.2 Å². The van der Waals surface area contributed by atoms with Gasteiger partial charge in [0.25, 0.3) is 5.91 Å². The van der Waals surface area contributed by atoms with Gasteiger partial charge in [-0.15, -0.1) is 10.2 Å². The lowest BCUT2D eigenvalue weighted by Crippen LogP contribution is -2.32. The lowest BCUT2D eigenvalue weighted by Gasteiger charge is -2.14. The molecule has 0 saturated heterocycles. The van der Waals surface area contributed by atoms with Crippen molar-refractivity contribution < 1.29 is 38.0 Å². The van der Waals surface area contributed by atoms with Crippen LogP contribution in [0.3, 0.4) is 0 Å². The highest BCUT2D eigenvalue weighted by molar-refractivity contribution is 6.30. The van der Waals surface area contributed by atoms with E-state index in [0.717, 1.165) is 47.4 Å². The third kappa shape index (κ3) is 11.8. The molecule has 0 spiro atoms. The Labute approximate surface area is 355 Å². The Morgan fingerprint density at radius 3 is 2.17 bits per heavy atom. The number of aryl methyl sites for hydroxylation is 3. The number of ether oxygens (including phenoxy) is 6. The van der Waals surface area contributed by atoms with Crippen molar-refractivity contribution in [3.63, 3.8) is 0 Å². The quantitative estimate of drug-likeness (QED) is 0.0787. The van der Waals surface area contributed by atoms with E-state index in [4.69, 9.17) is 45.0 Å². The number of nitrogens with one attached hydrogen (secondary N) is 2. The molecule has 1 aliphatic heterocycles. The van der Waals surface area contributed by atoms with Gasteiger partial charge >= 0.3 is 0 Å². The molecular formula is C45H51ClN6O8. The molecule has 0 aliphatic carbocycles. The molecule has 316 valence electrons. The van der Waals surface area contributed by atoms with Crippen molar-refractivity contribution in [1.29, 1.82) is 0 Å². The standard InChI is InChI=1S/C45H51ClN6O8/c1-30-50-51-45-38(49-44(33-12-14-34(46)15-13-33)37-27-35(55-2)16-17-39(37)52(30)45)28-42(53)47-19-21-58-23-24-59-22-20-48-43(54)29-60-36-10-6-9-31(25-36)7-5-8-32-11-18-40(56-3)41(26-32)57-4/h6,9-18,25-27,38H,5,7-8,19-24,28-29H2,1-4H3,(H,47,53)(H,48,54)/t38-/m0/s1. The topological polar surface area (TPSA) is 157 Å². The molecule has 14 nitrogen and oxygen atoms in total. The predicted molar refractivity (Wildman–Crippen MR) is 228 cm³/mol. The summed E-state index contributed by atoms with van der Waals surface area (Å²) in [4.78, 5) is 30.7. The van der Waals surface area contributed by atoms with E-state index in [2.05, 4.69) is 26.9 Å². The highest BCUT2D eigenvalue weighted by Gasteiger charge is 2.30. The second-order valence-electron chi connectivity index (χ2n) is 13.9. The second kappa shape index (κ2) is 21.9. The van der Waals surface area contributed by atoms with E-state index in [-0.39, 0.29) is 24.8 Å². The van der Waals surface area contributed by atoms with E-state index in [0.29, 0.717) is 79.1 Å². The summed E-state index contributed by atoms with van der Waals surface area (Å²) in [5.74, 6) is 3.56. The van der Waals surface area contributed by atoms with Gasteiger partial charge in [-0.3, -0.25) is 19.1 Å². The molecule has 0 radical (unpaired) electrons. The summed E-state index contributed by atoms with van der Waals surface area (Å²) in [6.07, 6.45) is 2.76. The van der Waals surface area contributed by atoms with Crippen LogP contribution in [0.1, 0.15) is 52.8 Å². The number of halogens is 1. The highest BCUT2D eigenvalue weighted by atomic mass is 35.5. The number of aliphatic imine (C=N–C) groups is 1. The lowest BCUT2D eigenvalue weighted by atomic mass is 10.00. The molecule has 6 rings (SSSR count). The van der Waals surface area contributed by atoms with E-state index in [1.807, 2.05) is 90.4 Å². The first-order chi connectivity index (χ1) is 29.3. The number of methoxy groups -OCH3 is 3. The minimum absolute atomic E-state index is 0.0509. The first-order valence-corrected chi connectivity index (χ1v) is 20.2. The number of rotatable bonds is 22. The Hall–Kier alpha value is -5.96. The summed E-state index contributed by atoms with van der Waals surface area (Å²) < 4.78 is 35.2. The van der Waals surface area contributed by atoms with E-state index in [9.17, 15) is 9.59 Å². The van der Waals surface area contributed by atoms with Crippen LogP contribution in [0.25, 0.3) is 5.69 Å². The molecule has 2 N–H and O–H groups in total. The number of carbonyl (C=O) groups is 2. The van der Waals surface area contributed by atoms with Crippen LogP contribution in [0.15, 0.2) is 89.9 Å². The van der Waals surface area contributed by atoms with Gasteiger partial charge in [0.1, 0.15) is 23.4 Å². The summed E-state index contributed by atoms with van der Waals surface area (Å²) in [5.41, 5.74) is 5.51. The van der Waals surface area contributed by atoms with Crippen molar-refractivity contribution in [2.24, 2.45) is 4.99 Å². The fourth-order valence-corrected chi connectivity index (χ4v) is 6.92. The number of amides is 2. The summed E-state index contributed by atoms with van der Waals surface area (Å²) >= 11 is 6.21. The SMILES string of the molecule is COc1ccc2c(c1)C(c1ccc(Cl)cc1)=N[C@@H](CC(=O)NCCOCCOCCNC(=O)COc1cccc(CCCc3ccc(OC)c(OC)c3)c1)c1nnc(C)n1-2. The smallest absolute Gasteiger partial charge is 0.258 e. The van der Waals surface area contributed by atoms with Crippen LogP contribution in [0.2, 0.25) is 5.02 Å². The molecule has 0 bridgehead atoms. The number of hydrogen-bond donors (Lipinski definition) is 2. The minimum atomic E-state index is -0.610. The summed E-state index contributed by atoms with van der Waals surface area (Å²) in [5, 5.41) is 15.1. The Morgan fingerprint density at radius 2 is 1.45 bits per heavy atom. The van der Waals surface area contributed by atoms with Crippen LogP contribution in [-0.4, -0.2) is 99.7 Å². The normalized spacial score (nSPS) is 13.0. The van der Waals surface area contributed by atoms with Gasteiger partial charge < -0.3 is 39.1 Å². The van der Waals surface area contributed by atoms with Crippen LogP contribution in [0, 0.1) is 6.92 Å². The fraction of sp³-hybridized carbons (Fsp3) is 0.356. The number of aromatic nitrogens is 3. The van der Waals surface area contributed by atoms with E-state index < -0.39 is 6.04 Å². The van der Waals surface area contributed by atoms with E-state index in [1.54, 1.807) is 21.3 Å². The molecule has 0 fully saturated rings. The van der Waals surface area contributed by atoms with Gasteiger partial charge in [0.05, 0.1) is 65.6 Å². The van der Waals surface area contributed by atoms with Crippen molar-refractivity contribution in [2.45, 2.75) is 38.6 Å². The number of benzene rings is 4. The number of fused-ring (bicyclic) bond motifs is 3. The maximum atomic E-state index is 13.2. The molecule has 1 aliphatic rings. The van der Waals surface area contributed by atoms with Crippen LogP contribution in [-0.2, 0) is 31.9 Å². The Kier molecular flexibility index (Phi) is 15.9. The molecule has 60 heavy (non-hydrogen) atoms. The van der Waals surface area contributed by atoms with Gasteiger partial charge in [0.2, 0.25) is 5.91 Å². The van der Waals surface area contributed by atoms with Crippen LogP contribution in [0.5, 0.6) is 23.0 Å². The van der Waals surface area contributed by atoms with Crippen molar-refractivity contribution in [2.75, 3.05) is 67.5 Å². The number of carbonyl (C=O) groups excluding carboxylic acids is 2. The highest BCUT2D eigenvalue weighted by Crippen LogP contribution is 2.34. The predicted octanol–water partition coefficient (Wildman–Crippen LogP) is 6.06.